The highest BCUT2D eigenvalue weighted by Gasteiger charge is 2.43. The third-order valence-corrected chi connectivity index (χ3v) is 7.28. The highest BCUT2D eigenvalue weighted by atomic mass is 35.5. The van der Waals surface area contributed by atoms with Gasteiger partial charge in [0.05, 0.1) is 11.8 Å². The van der Waals surface area contributed by atoms with Crippen LogP contribution in [0.4, 0.5) is 0 Å². The van der Waals surface area contributed by atoms with Gasteiger partial charge in [0.2, 0.25) is 11.4 Å². The highest BCUT2D eigenvalue weighted by molar-refractivity contribution is 8.02. The molecule has 0 aromatic heterocycles. The second kappa shape index (κ2) is 10.7. The average molecular weight is 460 g/mol. The number of alkyl halides is 1. The van der Waals surface area contributed by atoms with Crippen LogP contribution in [0.3, 0.4) is 0 Å². The number of rotatable bonds is 9. The number of ether oxygens (including phenoxy) is 2. The normalized spacial score (nSPS) is 27.7. The van der Waals surface area contributed by atoms with Crippen molar-refractivity contribution in [2.24, 2.45) is 11.3 Å². The third kappa shape index (κ3) is 6.48. The van der Waals surface area contributed by atoms with Crippen LogP contribution in [-0.4, -0.2) is 52.1 Å². The Morgan fingerprint density at radius 3 is 2.67 bits per heavy atom. The molecular weight excluding hydrogens is 430 g/mol. The number of β-lactam (4-membered cyclic amide) rings is 1. The van der Waals surface area contributed by atoms with Crippen LogP contribution in [0.2, 0.25) is 0 Å². The maximum absolute atomic E-state index is 12.2. The summed E-state index contributed by atoms with van der Waals surface area (Å²) < 4.78 is 10.4. The molecule has 1 saturated carbocycles. The molecule has 9 heteroatoms. The van der Waals surface area contributed by atoms with Crippen molar-refractivity contribution < 1.29 is 28.7 Å². The van der Waals surface area contributed by atoms with Crippen LogP contribution in [-0.2, 0) is 28.7 Å². The van der Waals surface area contributed by atoms with E-state index in [1.807, 2.05) is 0 Å². The van der Waals surface area contributed by atoms with E-state index < -0.39 is 17.4 Å². The van der Waals surface area contributed by atoms with Gasteiger partial charge in [-0.2, -0.15) is 0 Å². The summed E-state index contributed by atoms with van der Waals surface area (Å²) in [5.41, 5.74) is -1.12. The van der Waals surface area contributed by atoms with Gasteiger partial charge in [-0.3, -0.25) is 9.59 Å². The van der Waals surface area contributed by atoms with Crippen LogP contribution >= 0.6 is 23.4 Å². The summed E-state index contributed by atoms with van der Waals surface area (Å²) in [6.07, 6.45) is 5.37. The van der Waals surface area contributed by atoms with Gasteiger partial charge >= 0.3 is 11.9 Å². The molecule has 1 saturated heterocycles. The van der Waals surface area contributed by atoms with E-state index in [4.69, 9.17) is 21.1 Å². The Morgan fingerprint density at radius 2 is 2.07 bits per heavy atom. The zero-order valence-electron chi connectivity index (χ0n) is 17.9. The summed E-state index contributed by atoms with van der Waals surface area (Å²) in [5, 5.41) is 1.18. The topological polar surface area (TPSA) is 90.0 Å². The largest absolute Gasteiger partial charge is 0.459 e. The lowest BCUT2D eigenvalue weighted by atomic mass is 9.67. The Hall–Kier alpha value is -1.54. The summed E-state index contributed by atoms with van der Waals surface area (Å²) >= 11 is 7.22. The van der Waals surface area contributed by atoms with E-state index >= 15 is 0 Å². The second-order valence-corrected chi connectivity index (χ2v) is 10.0. The monoisotopic (exact) mass is 459 g/mol. The molecule has 2 rings (SSSR count). The molecule has 4 atom stereocenters. The molecule has 0 N–H and O–H groups in total. The lowest BCUT2D eigenvalue weighted by Gasteiger charge is -2.41. The molecule has 1 aliphatic heterocycles. The Balaban J connectivity index is 1.81. The summed E-state index contributed by atoms with van der Waals surface area (Å²) in [5.74, 6) is -1.35. The maximum atomic E-state index is 12.2. The van der Waals surface area contributed by atoms with E-state index in [9.17, 15) is 19.2 Å². The lowest BCUT2D eigenvalue weighted by molar-refractivity contribution is -0.158. The van der Waals surface area contributed by atoms with Gasteiger partial charge in [-0.05, 0) is 49.3 Å². The van der Waals surface area contributed by atoms with Crippen LogP contribution in [0.15, 0.2) is 11.5 Å². The van der Waals surface area contributed by atoms with Crippen molar-refractivity contribution in [1.29, 1.82) is 0 Å². The van der Waals surface area contributed by atoms with Gasteiger partial charge in [0.1, 0.15) is 12.7 Å². The van der Waals surface area contributed by atoms with Crippen molar-refractivity contribution in [3.8, 4) is 0 Å². The predicted molar refractivity (Wildman–Crippen MR) is 115 cm³/mol. The van der Waals surface area contributed by atoms with Crippen molar-refractivity contribution in [1.82, 2.24) is 4.90 Å². The standard InChI is InChI=1S/C21H30ClNO6S/c1-13(2)21(4)8-5-6-15(11-21)29-18(26)7-9-30-17-10-16(25)23(17)19(22)20(27)28-12-14(3)24/h7,9,13,15,17,19H,5-6,8,10-12H2,1-4H3/t15-,17+,19?,21+/m0/s1. The number of likely N-dealkylation sites (tertiary alicyclic amines) is 1. The van der Waals surface area contributed by atoms with Gasteiger partial charge in [-0.25, -0.2) is 9.59 Å². The summed E-state index contributed by atoms with van der Waals surface area (Å²) in [6.45, 7) is 7.55. The van der Waals surface area contributed by atoms with Crippen LogP contribution in [0.1, 0.15) is 59.8 Å². The van der Waals surface area contributed by atoms with E-state index in [0.717, 1.165) is 25.7 Å². The molecule has 0 aromatic rings. The minimum Gasteiger partial charge on any atom is -0.459 e. The molecular formula is C21H30ClNO6S. The van der Waals surface area contributed by atoms with Crippen molar-refractivity contribution in [3.63, 3.8) is 0 Å². The number of amides is 1. The number of hydrogen-bond acceptors (Lipinski definition) is 7. The number of Topliss-reactive ketones (excluding diaryl/α,β-unsaturated/α-hetero) is 1. The first kappa shape index (κ1) is 24.7. The molecule has 1 amide bonds. The first-order valence-electron chi connectivity index (χ1n) is 10.2. The SMILES string of the molecule is CC(=O)COC(=O)C(Cl)N1C(=O)C[C@H]1SC=CC(=O)O[C@H]1CCC[C@@](C)(C(C)C)C1. The molecule has 1 unspecified atom stereocenters. The Kier molecular flexibility index (Phi) is 8.79. The van der Waals surface area contributed by atoms with Crippen LogP contribution in [0.25, 0.3) is 0 Å². The zero-order chi connectivity index (χ0) is 22.5. The quantitative estimate of drug-likeness (QED) is 0.171. The molecule has 1 heterocycles. The van der Waals surface area contributed by atoms with Crippen LogP contribution in [0, 0.1) is 11.3 Å². The number of carbonyl (C=O) groups is 4. The van der Waals surface area contributed by atoms with Gasteiger partial charge in [0, 0.05) is 6.08 Å². The number of thioether (sulfide) groups is 1. The molecule has 2 aliphatic rings. The molecule has 0 radical (unpaired) electrons. The summed E-state index contributed by atoms with van der Waals surface area (Å²) in [6, 6.07) is 0. The Bertz CT molecular complexity index is 712. The van der Waals surface area contributed by atoms with Crippen LogP contribution < -0.4 is 0 Å². The molecule has 7 nitrogen and oxygen atoms in total. The molecule has 2 fully saturated rings. The van der Waals surface area contributed by atoms with Crippen molar-refractivity contribution in [3.05, 3.63) is 11.5 Å². The molecule has 30 heavy (non-hydrogen) atoms. The third-order valence-electron chi connectivity index (χ3n) is 5.89. The fourth-order valence-electron chi connectivity index (χ4n) is 3.61. The molecule has 0 aromatic carbocycles. The minimum atomic E-state index is -1.31. The van der Waals surface area contributed by atoms with E-state index in [-0.39, 0.29) is 41.6 Å². The number of esters is 2. The lowest BCUT2D eigenvalue weighted by Crippen LogP contribution is -2.56. The van der Waals surface area contributed by atoms with Crippen molar-refractivity contribution in [2.45, 2.75) is 76.8 Å². The van der Waals surface area contributed by atoms with E-state index in [0.29, 0.717) is 5.92 Å². The Morgan fingerprint density at radius 1 is 1.37 bits per heavy atom. The highest BCUT2D eigenvalue weighted by Crippen LogP contribution is 2.43. The van der Waals surface area contributed by atoms with Crippen molar-refractivity contribution >= 4 is 47.0 Å². The summed E-state index contributed by atoms with van der Waals surface area (Å²) in [7, 11) is 0. The molecule has 1 aliphatic carbocycles. The van der Waals surface area contributed by atoms with E-state index in [2.05, 4.69) is 20.8 Å². The maximum Gasteiger partial charge on any atom is 0.345 e. The fourth-order valence-corrected chi connectivity index (χ4v) is 4.97. The zero-order valence-corrected chi connectivity index (χ0v) is 19.5. The van der Waals surface area contributed by atoms with Crippen molar-refractivity contribution in [2.75, 3.05) is 6.61 Å². The van der Waals surface area contributed by atoms with Gasteiger partial charge in [-0.1, -0.05) is 32.4 Å². The van der Waals surface area contributed by atoms with Crippen LogP contribution in [0.5, 0.6) is 0 Å². The predicted octanol–water partition coefficient (Wildman–Crippen LogP) is 3.64. The molecule has 168 valence electrons. The van der Waals surface area contributed by atoms with Gasteiger partial charge in [0.25, 0.3) is 0 Å². The molecule has 0 spiro atoms. The number of halogens is 1. The summed E-state index contributed by atoms with van der Waals surface area (Å²) in [4.78, 5) is 48.0. The minimum absolute atomic E-state index is 0.0849. The molecule has 0 bridgehead atoms. The average Bonchev–Trinajstić information content (AvgIpc) is 2.65. The first-order valence-corrected chi connectivity index (χ1v) is 11.6. The second-order valence-electron chi connectivity index (χ2n) is 8.51. The van der Waals surface area contributed by atoms with Gasteiger partial charge in [-0.15, -0.1) is 11.8 Å². The number of nitrogens with zero attached hydrogens (tertiary/aromatic N) is 1. The smallest absolute Gasteiger partial charge is 0.345 e. The fraction of sp³-hybridized carbons (Fsp3) is 0.714. The number of carbonyl (C=O) groups excluding carboxylic acids is 4. The number of hydrogen-bond donors (Lipinski definition) is 0. The number of ketones is 1. The first-order chi connectivity index (χ1) is 14.0. The van der Waals surface area contributed by atoms with E-state index in [1.165, 1.54) is 29.7 Å². The van der Waals surface area contributed by atoms with Gasteiger partial charge in [0.15, 0.2) is 5.78 Å². The van der Waals surface area contributed by atoms with E-state index in [1.54, 1.807) is 5.41 Å². The Labute approximate surface area is 186 Å². The van der Waals surface area contributed by atoms with Gasteiger partial charge < -0.3 is 14.4 Å².